The van der Waals surface area contributed by atoms with Gasteiger partial charge in [0.25, 0.3) is 5.92 Å². The highest BCUT2D eigenvalue weighted by atomic mass is 35.5. The zero-order valence-electron chi connectivity index (χ0n) is 21.7. The van der Waals surface area contributed by atoms with Crippen LogP contribution in [0.15, 0.2) is 85.2 Å². The second-order valence-electron chi connectivity index (χ2n) is 9.41. The monoisotopic (exact) mass is 533 g/mol. The minimum Gasteiger partial charge on any atom is -0.351 e. The Bertz CT molecular complexity index is 1370. The smallest absolute Gasteiger partial charge is 0.273 e. The van der Waals surface area contributed by atoms with E-state index in [0.29, 0.717) is 5.02 Å². The minimum atomic E-state index is -2.85. The van der Waals surface area contributed by atoms with Gasteiger partial charge >= 0.3 is 0 Å². The average molecular weight is 534 g/mol. The molecule has 1 aromatic heterocycles. The first-order valence-electron chi connectivity index (χ1n) is 12.6. The number of benzene rings is 3. The SMILES string of the molecule is CCC(F)(F)c1ccc(CC(=O)Cc2ccc(-c3nccnc3N(C)[C@@H](C)c3ccc(Cl)cc3)cc2)cc1. The zero-order chi connectivity index (χ0) is 27.3. The number of hydrogen-bond acceptors (Lipinski definition) is 4. The summed E-state index contributed by atoms with van der Waals surface area (Å²) in [5.74, 6) is -2.09. The number of rotatable bonds is 10. The van der Waals surface area contributed by atoms with Gasteiger partial charge in [0.2, 0.25) is 0 Å². The van der Waals surface area contributed by atoms with Crippen LogP contribution in [0.25, 0.3) is 11.3 Å². The third-order valence-corrected chi connectivity index (χ3v) is 7.05. The van der Waals surface area contributed by atoms with Crippen molar-refractivity contribution in [1.82, 2.24) is 9.97 Å². The van der Waals surface area contributed by atoms with Crippen molar-refractivity contribution in [3.8, 4) is 11.3 Å². The molecule has 3 aromatic carbocycles. The highest BCUT2D eigenvalue weighted by Gasteiger charge is 2.28. The Balaban J connectivity index is 1.44. The topological polar surface area (TPSA) is 46.1 Å². The van der Waals surface area contributed by atoms with Crippen molar-refractivity contribution in [1.29, 1.82) is 0 Å². The van der Waals surface area contributed by atoms with E-state index in [4.69, 9.17) is 11.6 Å². The maximum Gasteiger partial charge on any atom is 0.273 e. The molecule has 4 rings (SSSR count). The normalized spacial score (nSPS) is 12.3. The Morgan fingerprint density at radius 3 is 2.03 bits per heavy atom. The number of aromatic nitrogens is 2. The number of alkyl halides is 2. The summed E-state index contributed by atoms with van der Waals surface area (Å²) >= 11 is 6.05. The van der Waals surface area contributed by atoms with E-state index in [1.807, 2.05) is 55.6 Å². The number of halogens is 3. The fourth-order valence-electron chi connectivity index (χ4n) is 4.31. The lowest BCUT2D eigenvalue weighted by atomic mass is 9.99. The molecule has 0 N–H and O–H groups in total. The van der Waals surface area contributed by atoms with E-state index in [2.05, 4.69) is 21.8 Å². The van der Waals surface area contributed by atoms with E-state index in [9.17, 15) is 13.6 Å². The fraction of sp³-hybridized carbons (Fsp3) is 0.258. The Morgan fingerprint density at radius 1 is 0.895 bits per heavy atom. The summed E-state index contributed by atoms with van der Waals surface area (Å²) in [5.41, 5.74) is 4.33. The Morgan fingerprint density at radius 2 is 1.45 bits per heavy atom. The zero-order valence-corrected chi connectivity index (χ0v) is 22.4. The number of ketones is 1. The molecule has 4 nitrogen and oxygen atoms in total. The molecule has 0 saturated carbocycles. The molecule has 0 unspecified atom stereocenters. The van der Waals surface area contributed by atoms with E-state index < -0.39 is 5.92 Å². The molecule has 0 spiro atoms. The number of carbonyl (C=O) groups excluding carboxylic acids is 1. The van der Waals surface area contributed by atoms with Gasteiger partial charge in [-0.25, -0.2) is 13.8 Å². The molecular formula is C31H30ClF2N3O. The third kappa shape index (κ3) is 6.43. The standard InChI is InChI=1S/C31H30ClF2N3O/c1-4-31(33,34)26-13-7-23(8-14-26)20-28(38)19-22-5-9-25(10-6-22)29-30(36-18-17-35-29)37(3)21(2)24-11-15-27(32)16-12-24/h5-18,21H,4,19-20H2,1-3H3/t21-/m0/s1. The quantitative estimate of drug-likeness (QED) is 0.208. The van der Waals surface area contributed by atoms with Gasteiger partial charge in [0.05, 0.1) is 6.04 Å². The molecule has 38 heavy (non-hydrogen) atoms. The lowest BCUT2D eigenvalue weighted by molar-refractivity contribution is -0.117. The molecule has 1 atom stereocenters. The van der Waals surface area contributed by atoms with Crippen molar-refractivity contribution in [2.75, 3.05) is 11.9 Å². The predicted octanol–water partition coefficient (Wildman–Crippen LogP) is 7.85. The second kappa shape index (κ2) is 11.8. The average Bonchev–Trinajstić information content (AvgIpc) is 2.93. The highest BCUT2D eigenvalue weighted by molar-refractivity contribution is 6.30. The molecule has 0 amide bonds. The van der Waals surface area contributed by atoms with Gasteiger partial charge in [0.15, 0.2) is 5.82 Å². The number of anilines is 1. The van der Waals surface area contributed by atoms with E-state index >= 15 is 0 Å². The van der Waals surface area contributed by atoms with Crippen molar-refractivity contribution in [3.05, 3.63) is 112 Å². The van der Waals surface area contributed by atoms with E-state index in [1.165, 1.54) is 19.1 Å². The van der Waals surface area contributed by atoms with Crippen molar-refractivity contribution in [3.63, 3.8) is 0 Å². The molecule has 0 fully saturated rings. The molecule has 4 aromatic rings. The third-order valence-electron chi connectivity index (χ3n) is 6.80. The lowest BCUT2D eigenvalue weighted by Crippen LogP contribution is -2.23. The van der Waals surface area contributed by atoms with Crippen LogP contribution in [0.3, 0.4) is 0 Å². The van der Waals surface area contributed by atoms with Crippen LogP contribution < -0.4 is 4.90 Å². The lowest BCUT2D eigenvalue weighted by Gasteiger charge is -2.27. The Hall–Kier alpha value is -3.64. The summed E-state index contributed by atoms with van der Waals surface area (Å²) in [6, 6.07) is 21.5. The molecule has 0 aliphatic rings. The van der Waals surface area contributed by atoms with Crippen molar-refractivity contribution in [2.24, 2.45) is 0 Å². The van der Waals surface area contributed by atoms with Crippen LogP contribution in [0.4, 0.5) is 14.6 Å². The maximum absolute atomic E-state index is 13.8. The molecular weight excluding hydrogens is 504 g/mol. The van der Waals surface area contributed by atoms with Gasteiger partial charge in [0, 0.05) is 54.9 Å². The van der Waals surface area contributed by atoms with Crippen LogP contribution in [-0.4, -0.2) is 22.8 Å². The number of carbonyl (C=O) groups is 1. The molecule has 7 heteroatoms. The molecule has 0 saturated heterocycles. The van der Waals surface area contributed by atoms with Gasteiger partial charge in [-0.05, 0) is 35.7 Å². The van der Waals surface area contributed by atoms with Crippen LogP contribution in [-0.2, 0) is 23.6 Å². The van der Waals surface area contributed by atoms with Gasteiger partial charge in [0.1, 0.15) is 11.5 Å². The van der Waals surface area contributed by atoms with Crippen molar-refractivity contribution >= 4 is 23.2 Å². The fourth-order valence-corrected chi connectivity index (χ4v) is 4.44. The van der Waals surface area contributed by atoms with Gasteiger partial charge in [-0.3, -0.25) is 9.78 Å². The van der Waals surface area contributed by atoms with Gasteiger partial charge in [-0.2, -0.15) is 0 Å². The summed E-state index contributed by atoms with van der Waals surface area (Å²) in [5, 5.41) is 0.692. The first kappa shape index (κ1) is 27.4. The highest BCUT2D eigenvalue weighted by Crippen LogP contribution is 2.33. The van der Waals surface area contributed by atoms with Crippen LogP contribution in [0.1, 0.15) is 48.6 Å². The van der Waals surface area contributed by atoms with E-state index in [1.54, 1.807) is 24.5 Å². The summed E-state index contributed by atoms with van der Waals surface area (Å²) in [7, 11) is 1.98. The largest absolute Gasteiger partial charge is 0.351 e. The molecule has 196 valence electrons. The summed E-state index contributed by atoms with van der Waals surface area (Å²) < 4.78 is 27.7. The molecule has 0 aliphatic carbocycles. The van der Waals surface area contributed by atoms with E-state index in [0.717, 1.165) is 33.8 Å². The Labute approximate surface area is 227 Å². The van der Waals surface area contributed by atoms with E-state index in [-0.39, 0.29) is 36.7 Å². The molecule has 0 bridgehead atoms. The van der Waals surface area contributed by atoms with Crippen LogP contribution in [0.2, 0.25) is 5.02 Å². The van der Waals surface area contributed by atoms with Gasteiger partial charge < -0.3 is 4.90 Å². The predicted molar refractivity (Wildman–Crippen MR) is 149 cm³/mol. The van der Waals surface area contributed by atoms with Crippen LogP contribution in [0, 0.1) is 0 Å². The maximum atomic E-state index is 13.8. The minimum absolute atomic E-state index is 0.0180. The molecule has 0 aliphatic heterocycles. The van der Waals surface area contributed by atoms with Crippen molar-refractivity contribution in [2.45, 2.75) is 45.1 Å². The van der Waals surface area contributed by atoms with Gasteiger partial charge in [-0.1, -0.05) is 79.2 Å². The summed E-state index contributed by atoms with van der Waals surface area (Å²) in [6.45, 7) is 3.55. The van der Waals surface area contributed by atoms with Crippen LogP contribution >= 0.6 is 11.6 Å². The summed E-state index contributed by atoms with van der Waals surface area (Å²) in [4.78, 5) is 23.9. The number of Topliss-reactive ketones (excluding diaryl/α,β-unsaturated/α-hetero) is 1. The van der Waals surface area contributed by atoms with Crippen LogP contribution in [0.5, 0.6) is 0 Å². The molecule has 1 heterocycles. The van der Waals surface area contributed by atoms with Crippen molar-refractivity contribution < 1.29 is 13.6 Å². The second-order valence-corrected chi connectivity index (χ2v) is 9.85. The number of hydrogen-bond donors (Lipinski definition) is 0. The van der Waals surface area contributed by atoms with Gasteiger partial charge in [-0.15, -0.1) is 0 Å². The number of nitrogens with zero attached hydrogens (tertiary/aromatic N) is 3. The summed E-state index contributed by atoms with van der Waals surface area (Å²) in [6.07, 6.45) is 3.54. The first-order chi connectivity index (χ1) is 18.2. The molecule has 0 radical (unpaired) electrons. The first-order valence-corrected chi connectivity index (χ1v) is 12.9. The Kier molecular flexibility index (Phi) is 8.52.